The highest BCUT2D eigenvalue weighted by Crippen LogP contribution is 2.23. The van der Waals surface area contributed by atoms with E-state index in [1.165, 1.54) is 4.57 Å². The summed E-state index contributed by atoms with van der Waals surface area (Å²) in [6.45, 7) is 3.80. The first-order chi connectivity index (χ1) is 14.5. The van der Waals surface area contributed by atoms with Crippen molar-refractivity contribution in [3.63, 3.8) is 0 Å². The monoisotopic (exact) mass is 413 g/mol. The molecule has 1 aliphatic heterocycles. The number of piperidine rings is 1. The van der Waals surface area contributed by atoms with E-state index in [9.17, 15) is 14.7 Å². The smallest absolute Gasteiger partial charge is 0.329 e. The first-order valence-corrected chi connectivity index (χ1v) is 10.3. The summed E-state index contributed by atoms with van der Waals surface area (Å²) in [6, 6.07) is 7.61. The number of H-pyrrole nitrogens is 1. The van der Waals surface area contributed by atoms with Gasteiger partial charge in [-0.1, -0.05) is 18.2 Å². The summed E-state index contributed by atoms with van der Waals surface area (Å²) in [5, 5.41) is 10.7. The summed E-state index contributed by atoms with van der Waals surface area (Å²) in [5.41, 5.74) is 0.573. The van der Waals surface area contributed by atoms with Crippen molar-refractivity contribution in [2.75, 3.05) is 24.6 Å². The fourth-order valence-corrected chi connectivity index (χ4v) is 3.90. The summed E-state index contributed by atoms with van der Waals surface area (Å²) in [4.78, 5) is 33.7. The third-order valence-electron chi connectivity index (χ3n) is 5.54. The van der Waals surface area contributed by atoms with E-state index in [0.29, 0.717) is 17.3 Å². The predicted octanol–water partition coefficient (Wildman–Crippen LogP) is 1.16. The molecule has 3 aromatic rings. The van der Waals surface area contributed by atoms with Gasteiger partial charge in [-0.15, -0.1) is 0 Å². The molecule has 3 heterocycles. The van der Waals surface area contributed by atoms with Crippen molar-refractivity contribution in [3.05, 3.63) is 50.7 Å². The summed E-state index contributed by atoms with van der Waals surface area (Å²) in [7, 11) is 1.58. The van der Waals surface area contributed by atoms with Crippen LogP contribution in [0.1, 0.15) is 24.8 Å². The van der Waals surface area contributed by atoms with Gasteiger partial charge in [0, 0.05) is 20.1 Å². The second-order valence-electron chi connectivity index (χ2n) is 7.79. The maximum Gasteiger partial charge on any atom is 0.329 e. The second-order valence-corrected chi connectivity index (χ2v) is 7.79. The number of para-hydroxylation sites is 1. The highest BCUT2D eigenvalue weighted by molar-refractivity contribution is 5.74. The minimum Gasteiger partial charge on any atom is -0.491 e. The van der Waals surface area contributed by atoms with Crippen LogP contribution in [0.3, 0.4) is 0 Å². The molecule has 0 amide bonds. The topological polar surface area (TPSA) is 105 Å². The normalized spacial score (nSPS) is 15.5. The van der Waals surface area contributed by atoms with Gasteiger partial charge in [-0.2, -0.15) is 4.98 Å². The Morgan fingerprint density at radius 3 is 2.67 bits per heavy atom. The molecule has 0 spiro atoms. The second kappa shape index (κ2) is 8.35. The van der Waals surface area contributed by atoms with Crippen LogP contribution < -0.4 is 20.9 Å². The van der Waals surface area contributed by atoms with Crippen molar-refractivity contribution in [1.29, 1.82) is 0 Å². The number of nitrogens with one attached hydrogen (secondary N) is 1. The third kappa shape index (κ3) is 3.85. The molecule has 1 atom stereocenters. The van der Waals surface area contributed by atoms with Gasteiger partial charge in [0.1, 0.15) is 18.5 Å². The number of rotatable bonds is 6. The van der Waals surface area contributed by atoms with E-state index in [2.05, 4.69) is 14.9 Å². The van der Waals surface area contributed by atoms with Crippen LogP contribution in [0.2, 0.25) is 0 Å². The molecule has 0 radical (unpaired) electrons. The summed E-state index contributed by atoms with van der Waals surface area (Å²) in [5.74, 6) is 1.31. The van der Waals surface area contributed by atoms with E-state index in [4.69, 9.17) is 4.74 Å². The van der Waals surface area contributed by atoms with Crippen LogP contribution in [-0.4, -0.2) is 50.0 Å². The number of fused-ring (bicyclic) bond motifs is 1. The average Bonchev–Trinajstić information content (AvgIpc) is 3.12. The van der Waals surface area contributed by atoms with Gasteiger partial charge in [0.15, 0.2) is 11.2 Å². The van der Waals surface area contributed by atoms with Crippen molar-refractivity contribution in [2.24, 2.45) is 7.05 Å². The van der Waals surface area contributed by atoms with E-state index in [1.54, 1.807) is 11.6 Å². The Bertz CT molecular complexity index is 1160. The fraction of sp³-hybridized carbons (Fsp3) is 0.476. The van der Waals surface area contributed by atoms with Crippen LogP contribution in [0.25, 0.3) is 11.2 Å². The molecule has 1 fully saturated rings. The average molecular weight is 413 g/mol. The Balaban J connectivity index is 1.67. The zero-order valence-corrected chi connectivity index (χ0v) is 17.3. The van der Waals surface area contributed by atoms with Crippen molar-refractivity contribution >= 4 is 17.1 Å². The Hall–Kier alpha value is -3.07. The molecule has 4 rings (SSSR count). The standard InChI is InChI=1S/C21H27N5O4/c1-14-8-4-5-9-16(14)30-13-15(27)12-26-17-18(24(2)21(29)23-19(17)28)22-20(26)25-10-6-3-7-11-25/h4-5,8-9,15,27H,3,6-7,10-13H2,1-2H3,(H,23,28,29)/t15-/m1/s1. The number of nitrogens with zero attached hydrogens (tertiary/aromatic N) is 4. The highest BCUT2D eigenvalue weighted by atomic mass is 16.5. The van der Waals surface area contributed by atoms with Crippen molar-refractivity contribution < 1.29 is 9.84 Å². The van der Waals surface area contributed by atoms with Crippen LogP contribution in [0.4, 0.5) is 5.95 Å². The van der Waals surface area contributed by atoms with Crippen molar-refractivity contribution in [2.45, 2.75) is 38.8 Å². The molecule has 30 heavy (non-hydrogen) atoms. The quantitative estimate of drug-likeness (QED) is 0.628. The van der Waals surface area contributed by atoms with Crippen LogP contribution in [0, 0.1) is 6.92 Å². The van der Waals surface area contributed by atoms with Crippen molar-refractivity contribution in [3.8, 4) is 5.75 Å². The van der Waals surface area contributed by atoms with Gasteiger partial charge < -0.3 is 19.3 Å². The predicted molar refractivity (Wildman–Crippen MR) is 114 cm³/mol. The minimum atomic E-state index is -0.859. The number of aryl methyl sites for hydroxylation is 2. The number of hydrogen-bond donors (Lipinski definition) is 2. The maximum atomic E-state index is 12.6. The van der Waals surface area contributed by atoms with Gasteiger partial charge in [0.2, 0.25) is 5.95 Å². The fourth-order valence-electron chi connectivity index (χ4n) is 3.90. The summed E-state index contributed by atoms with van der Waals surface area (Å²) in [6.07, 6.45) is 2.37. The lowest BCUT2D eigenvalue weighted by molar-refractivity contribution is 0.0933. The number of aromatic nitrogens is 4. The van der Waals surface area contributed by atoms with Gasteiger partial charge >= 0.3 is 5.69 Å². The molecular formula is C21H27N5O4. The summed E-state index contributed by atoms with van der Waals surface area (Å²) < 4.78 is 8.82. The molecule has 0 aliphatic carbocycles. The Kier molecular flexibility index (Phi) is 5.63. The van der Waals surface area contributed by atoms with Gasteiger partial charge in [-0.05, 0) is 37.8 Å². The first kappa shape index (κ1) is 20.2. The Labute approximate surface area is 173 Å². The number of ether oxygens (including phenoxy) is 1. The zero-order valence-electron chi connectivity index (χ0n) is 17.3. The number of hydrogen-bond acceptors (Lipinski definition) is 6. The van der Waals surface area contributed by atoms with Crippen LogP contribution in [0.15, 0.2) is 33.9 Å². The molecule has 0 saturated carbocycles. The molecule has 9 nitrogen and oxygen atoms in total. The lowest BCUT2D eigenvalue weighted by atomic mass is 10.1. The first-order valence-electron chi connectivity index (χ1n) is 10.3. The molecule has 0 unspecified atom stereocenters. The Morgan fingerprint density at radius 2 is 1.93 bits per heavy atom. The molecule has 2 N–H and O–H groups in total. The minimum absolute atomic E-state index is 0.0770. The van der Waals surface area contributed by atoms with E-state index >= 15 is 0 Å². The molecule has 160 valence electrons. The third-order valence-corrected chi connectivity index (χ3v) is 5.54. The largest absolute Gasteiger partial charge is 0.491 e. The highest BCUT2D eigenvalue weighted by Gasteiger charge is 2.24. The molecule has 9 heteroatoms. The Morgan fingerprint density at radius 1 is 1.20 bits per heavy atom. The number of aliphatic hydroxyl groups is 1. The molecule has 1 saturated heterocycles. The molecule has 2 aromatic heterocycles. The molecule has 1 aliphatic rings. The maximum absolute atomic E-state index is 12.6. The number of benzene rings is 1. The van der Waals surface area contributed by atoms with E-state index in [-0.39, 0.29) is 18.7 Å². The van der Waals surface area contributed by atoms with Gasteiger partial charge in [-0.25, -0.2) is 4.79 Å². The van der Waals surface area contributed by atoms with Crippen LogP contribution in [0.5, 0.6) is 5.75 Å². The van der Waals surface area contributed by atoms with E-state index in [1.807, 2.05) is 31.2 Å². The van der Waals surface area contributed by atoms with Crippen molar-refractivity contribution in [1.82, 2.24) is 19.1 Å². The SMILES string of the molecule is Cc1ccccc1OC[C@H](O)Cn1c(N2CCCCC2)nc2c1c(=O)[nH]c(=O)n2C. The van der Waals surface area contributed by atoms with Crippen LogP contribution >= 0.6 is 0 Å². The van der Waals surface area contributed by atoms with Gasteiger partial charge in [0.25, 0.3) is 5.56 Å². The van der Waals surface area contributed by atoms with Gasteiger partial charge in [0.05, 0.1) is 6.54 Å². The van der Waals surface area contributed by atoms with Gasteiger partial charge in [-0.3, -0.25) is 14.3 Å². The zero-order chi connectivity index (χ0) is 21.3. The van der Waals surface area contributed by atoms with E-state index in [0.717, 1.165) is 37.9 Å². The number of aromatic amines is 1. The van der Waals surface area contributed by atoms with Crippen LogP contribution in [-0.2, 0) is 13.6 Å². The molecule has 1 aromatic carbocycles. The summed E-state index contributed by atoms with van der Waals surface area (Å²) >= 11 is 0. The lowest BCUT2D eigenvalue weighted by Gasteiger charge is -2.28. The lowest BCUT2D eigenvalue weighted by Crippen LogP contribution is -2.34. The molecule has 0 bridgehead atoms. The van der Waals surface area contributed by atoms with E-state index < -0.39 is 17.4 Å². The number of anilines is 1. The number of imidazole rings is 1. The molecular weight excluding hydrogens is 386 g/mol. The number of aliphatic hydroxyl groups excluding tert-OH is 1.